The fourth-order valence-corrected chi connectivity index (χ4v) is 4.60. The minimum atomic E-state index is 0.0678. The fraction of sp³-hybridized carbons (Fsp3) is 0.480. The molecule has 0 fully saturated rings. The summed E-state index contributed by atoms with van der Waals surface area (Å²) in [7, 11) is 0. The molecule has 0 aliphatic carbocycles. The molecule has 0 radical (unpaired) electrons. The number of para-hydroxylation sites is 1. The molecule has 0 aliphatic heterocycles. The molecule has 0 saturated heterocycles. The minimum Gasteiger partial charge on any atom is -0.456 e. The van der Waals surface area contributed by atoms with Crippen molar-refractivity contribution in [3.05, 3.63) is 52.7 Å². The van der Waals surface area contributed by atoms with Gasteiger partial charge in [-0.3, -0.25) is 4.79 Å². The van der Waals surface area contributed by atoms with Crippen molar-refractivity contribution in [2.45, 2.75) is 76.0 Å². The van der Waals surface area contributed by atoms with Gasteiger partial charge in [0.15, 0.2) is 0 Å². The second kappa shape index (κ2) is 11.3. The number of thioether (sulfide) groups is 1. The van der Waals surface area contributed by atoms with E-state index in [0.29, 0.717) is 21.9 Å². The molecule has 150 valence electrons. The van der Waals surface area contributed by atoms with Gasteiger partial charge >= 0.3 is 0 Å². The van der Waals surface area contributed by atoms with Crippen LogP contribution in [0.3, 0.4) is 0 Å². The van der Waals surface area contributed by atoms with Crippen molar-refractivity contribution in [1.82, 2.24) is 0 Å². The number of hydrogen-bond acceptors (Lipinski definition) is 3. The second-order valence-electron chi connectivity index (χ2n) is 7.62. The van der Waals surface area contributed by atoms with Gasteiger partial charge in [-0.2, -0.15) is 0 Å². The lowest BCUT2D eigenvalue weighted by Gasteiger charge is -2.05. The summed E-state index contributed by atoms with van der Waals surface area (Å²) < 4.78 is 5.88. The molecule has 0 atom stereocenters. The van der Waals surface area contributed by atoms with Gasteiger partial charge in [0.25, 0.3) is 0 Å². The zero-order valence-electron chi connectivity index (χ0n) is 17.0. The summed E-state index contributed by atoms with van der Waals surface area (Å²) in [6, 6.07) is 13.5. The maximum Gasteiger partial charge on any atom is 0.200 e. The molecule has 3 heteroatoms. The Bertz CT molecular complexity index is 929. The first-order valence-corrected chi connectivity index (χ1v) is 11.9. The van der Waals surface area contributed by atoms with E-state index in [0.717, 1.165) is 10.6 Å². The van der Waals surface area contributed by atoms with E-state index < -0.39 is 0 Å². The SMILES string of the molecule is CCCCCCCCCCCCSc1ccc2oc3ccccc3c(=O)c2c1. The Hall–Kier alpha value is -1.74. The van der Waals surface area contributed by atoms with Crippen molar-refractivity contribution in [2.75, 3.05) is 5.75 Å². The van der Waals surface area contributed by atoms with Crippen LogP contribution in [0.1, 0.15) is 71.1 Å². The molecule has 0 aliphatic rings. The van der Waals surface area contributed by atoms with Gasteiger partial charge in [0.2, 0.25) is 5.43 Å². The summed E-state index contributed by atoms with van der Waals surface area (Å²) in [5.41, 5.74) is 1.40. The van der Waals surface area contributed by atoms with E-state index in [1.807, 2.05) is 48.2 Å². The van der Waals surface area contributed by atoms with Gasteiger partial charge in [0, 0.05) is 4.90 Å². The van der Waals surface area contributed by atoms with Gasteiger partial charge in [0.1, 0.15) is 11.2 Å². The summed E-state index contributed by atoms with van der Waals surface area (Å²) >= 11 is 1.85. The second-order valence-corrected chi connectivity index (χ2v) is 8.78. The van der Waals surface area contributed by atoms with Crippen LogP contribution in [-0.2, 0) is 0 Å². The van der Waals surface area contributed by atoms with Crippen molar-refractivity contribution < 1.29 is 4.42 Å². The summed E-state index contributed by atoms with van der Waals surface area (Å²) in [4.78, 5) is 13.9. The summed E-state index contributed by atoms with van der Waals surface area (Å²) in [5.74, 6) is 1.11. The van der Waals surface area contributed by atoms with Crippen LogP contribution in [0.5, 0.6) is 0 Å². The highest BCUT2D eigenvalue weighted by molar-refractivity contribution is 7.99. The molecule has 0 spiro atoms. The third-order valence-electron chi connectivity index (χ3n) is 5.31. The maximum atomic E-state index is 12.7. The van der Waals surface area contributed by atoms with E-state index in [1.54, 1.807) is 0 Å². The predicted octanol–water partition coefficient (Wildman–Crippen LogP) is 7.96. The van der Waals surface area contributed by atoms with E-state index in [9.17, 15) is 4.79 Å². The molecule has 2 nitrogen and oxygen atoms in total. The number of rotatable bonds is 12. The molecular formula is C25H32O2S. The molecule has 1 aromatic heterocycles. The zero-order chi connectivity index (χ0) is 19.6. The third-order valence-corrected chi connectivity index (χ3v) is 6.39. The lowest BCUT2D eigenvalue weighted by Crippen LogP contribution is -2.01. The topological polar surface area (TPSA) is 30.2 Å². The average Bonchev–Trinajstić information content (AvgIpc) is 2.72. The quantitative estimate of drug-likeness (QED) is 0.177. The maximum absolute atomic E-state index is 12.7. The Morgan fingerprint density at radius 2 is 1.39 bits per heavy atom. The van der Waals surface area contributed by atoms with Crippen LogP contribution in [0.25, 0.3) is 21.9 Å². The molecule has 3 aromatic rings. The van der Waals surface area contributed by atoms with Crippen LogP contribution >= 0.6 is 11.8 Å². The Morgan fingerprint density at radius 1 is 0.750 bits per heavy atom. The molecule has 28 heavy (non-hydrogen) atoms. The van der Waals surface area contributed by atoms with E-state index >= 15 is 0 Å². The van der Waals surface area contributed by atoms with Crippen LogP contribution in [0, 0.1) is 0 Å². The first-order chi connectivity index (χ1) is 13.8. The van der Waals surface area contributed by atoms with Crippen molar-refractivity contribution in [1.29, 1.82) is 0 Å². The Balaban J connectivity index is 1.42. The summed E-state index contributed by atoms with van der Waals surface area (Å²) in [6.45, 7) is 2.27. The smallest absolute Gasteiger partial charge is 0.200 e. The van der Waals surface area contributed by atoms with Crippen LogP contribution in [0.2, 0.25) is 0 Å². The molecule has 0 N–H and O–H groups in total. The van der Waals surface area contributed by atoms with E-state index in [4.69, 9.17) is 4.42 Å². The lowest BCUT2D eigenvalue weighted by atomic mass is 10.1. The molecule has 1 heterocycles. The average molecular weight is 397 g/mol. The number of benzene rings is 2. The first-order valence-electron chi connectivity index (χ1n) is 10.9. The molecule has 0 amide bonds. The Morgan fingerprint density at radius 3 is 2.14 bits per heavy atom. The van der Waals surface area contributed by atoms with Crippen molar-refractivity contribution in [2.24, 2.45) is 0 Å². The highest BCUT2D eigenvalue weighted by atomic mass is 32.2. The van der Waals surface area contributed by atoms with Gasteiger partial charge in [0.05, 0.1) is 10.8 Å². The number of unbranched alkanes of at least 4 members (excludes halogenated alkanes) is 9. The molecule has 0 bridgehead atoms. The van der Waals surface area contributed by atoms with E-state index in [-0.39, 0.29) is 5.43 Å². The van der Waals surface area contributed by atoms with Crippen LogP contribution in [-0.4, -0.2) is 5.75 Å². The number of fused-ring (bicyclic) bond motifs is 2. The summed E-state index contributed by atoms with van der Waals surface area (Å²) in [6.07, 6.45) is 13.6. The normalized spacial score (nSPS) is 11.5. The van der Waals surface area contributed by atoms with E-state index in [1.165, 1.54) is 64.2 Å². The largest absolute Gasteiger partial charge is 0.456 e. The molecule has 0 unspecified atom stereocenters. The Labute approximate surface area is 172 Å². The highest BCUT2D eigenvalue weighted by Crippen LogP contribution is 2.25. The highest BCUT2D eigenvalue weighted by Gasteiger charge is 2.08. The van der Waals surface area contributed by atoms with Gasteiger partial charge < -0.3 is 4.42 Å². The Kier molecular flexibility index (Phi) is 8.47. The standard InChI is InChI=1S/C25H32O2S/c1-2-3-4-5-6-7-8-9-10-13-18-28-20-16-17-24-22(19-20)25(26)21-14-11-12-15-23(21)27-24/h11-12,14-17,19H,2-10,13,18H2,1H3. The van der Waals surface area contributed by atoms with Gasteiger partial charge in [-0.05, 0) is 42.5 Å². The van der Waals surface area contributed by atoms with Gasteiger partial charge in [-0.15, -0.1) is 11.8 Å². The van der Waals surface area contributed by atoms with Crippen LogP contribution < -0.4 is 5.43 Å². The number of hydrogen-bond donors (Lipinski definition) is 0. The monoisotopic (exact) mass is 396 g/mol. The molecular weight excluding hydrogens is 364 g/mol. The van der Waals surface area contributed by atoms with E-state index in [2.05, 4.69) is 13.0 Å². The van der Waals surface area contributed by atoms with Crippen molar-refractivity contribution >= 4 is 33.7 Å². The minimum absolute atomic E-state index is 0.0678. The van der Waals surface area contributed by atoms with Crippen molar-refractivity contribution in [3.8, 4) is 0 Å². The van der Waals surface area contributed by atoms with Gasteiger partial charge in [-0.1, -0.05) is 76.8 Å². The predicted molar refractivity (Wildman–Crippen MR) is 123 cm³/mol. The lowest BCUT2D eigenvalue weighted by molar-refractivity contribution is 0.563. The van der Waals surface area contributed by atoms with Crippen molar-refractivity contribution in [3.63, 3.8) is 0 Å². The molecule has 0 saturated carbocycles. The van der Waals surface area contributed by atoms with Gasteiger partial charge in [-0.25, -0.2) is 0 Å². The first kappa shape index (κ1) is 21.0. The zero-order valence-corrected chi connectivity index (χ0v) is 17.9. The van der Waals surface area contributed by atoms with Crippen LogP contribution in [0.4, 0.5) is 0 Å². The third kappa shape index (κ3) is 5.88. The molecule has 3 rings (SSSR count). The fourth-order valence-electron chi connectivity index (χ4n) is 3.65. The summed E-state index contributed by atoms with van der Waals surface area (Å²) in [5, 5.41) is 1.35. The molecule has 2 aromatic carbocycles. The van der Waals surface area contributed by atoms with Crippen LogP contribution in [0.15, 0.2) is 56.6 Å².